The summed E-state index contributed by atoms with van der Waals surface area (Å²) in [7, 11) is 0. The van der Waals surface area contributed by atoms with Gasteiger partial charge in [-0.05, 0) is 99.1 Å². The first-order chi connectivity index (χ1) is 34.5. The number of guanidine groups is 1. The lowest BCUT2D eigenvalue weighted by atomic mass is 9.79. The molecule has 390 valence electrons. The van der Waals surface area contributed by atoms with E-state index in [0.29, 0.717) is 24.0 Å². The molecule has 3 aromatic carbocycles. The van der Waals surface area contributed by atoms with E-state index in [2.05, 4.69) is 101 Å². The number of aliphatic imine (C=N–C) groups is 1. The number of nitrogens with two attached hydrogens (primary N) is 3. The lowest BCUT2D eigenvalue weighted by Gasteiger charge is -2.26. The lowest BCUT2D eigenvalue weighted by molar-refractivity contribution is -0.131. The van der Waals surface area contributed by atoms with Crippen molar-refractivity contribution in [1.29, 1.82) is 0 Å². The van der Waals surface area contributed by atoms with Gasteiger partial charge in [0, 0.05) is 55.3 Å². The van der Waals surface area contributed by atoms with E-state index in [1.54, 1.807) is 29.8 Å². The van der Waals surface area contributed by atoms with E-state index < -0.39 is 35.7 Å². The van der Waals surface area contributed by atoms with Crippen LogP contribution in [0.5, 0.6) is 0 Å². The van der Waals surface area contributed by atoms with E-state index in [1.807, 2.05) is 55.6 Å². The van der Waals surface area contributed by atoms with Crippen molar-refractivity contribution in [2.75, 3.05) is 19.6 Å². The van der Waals surface area contributed by atoms with Crippen LogP contribution in [-0.2, 0) is 36.9 Å². The molecule has 0 saturated heterocycles. The minimum absolute atomic E-state index is 0.0680. The van der Waals surface area contributed by atoms with Gasteiger partial charge in [0.1, 0.15) is 12.1 Å². The van der Waals surface area contributed by atoms with Crippen molar-refractivity contribution < 1.29 is 28.8 Å². The minimum atomic E-state index is -1.02. The summed E-state index contributed by atoms with van der Waals surface area (Å²) in [6.45, 7) is 16.8. The van der Waals surface area contributed by atoms with Crippen molar-refractivity contribution in [2.24, 2.45) is 28.1 Å². The van der Waals surface area contributed by atoms with Gasteiger partial charge in [0.15, 0.2) is 5.96 Å². The van der Waals surface area contributed by atoms with Gasteiger partial charge in [-0.1, -0.05) is 130 Å². The number of hydrogen-bond acceptors (Lipinski definition) is 7. The molecule has 0 spiro atoms. The van der Waals surface area contributed by atoms with Crippen molar-refractivity contribution in [3.05, 3.63) is 142 Å². The van der Waals surface area contributed by atoms with Crippen LogP contribution in [0, 0.1) is 19.8 Å². The number of benzene rings is 3. The summed E-state index contributed by atoms with van der Waals surface area (Å²) in [6.07, 6.45) is 16.9. The summed E-state index contributed by atoms with van der Waals surface area (Å²) >= 11 is 0. The summed E-state index contributed by atoms with van der Waals surface area (Å²) in [5.41, 5.74) is 22.0. The highest BCUT2D eigenvalue weighted by Gasteiger charge is 2.26. The fraction of sp³-hybridized carbons (Fsp3) is 0.411. The number of carbonyl (C=O) groups is 6. The van der Waals surface area contributed by atoms with Gasteiger partial charge in [0.2, 0.25) is 35.9 Å². The van der Waals surface area contributed by atoms with Crippen LogP contribution < -0.4 is 54.4 Å². The van der Waals surface area contributed by atoms with Gasteiger partial charge in [-0.15, -0.1) is 0 Å². The first-order valence-electron chi connectivity index (χ1n) is 24.8. The third-order valence-electron chi connectivity index (χ3n) is 11.7. The van der Waals surface area contributed by atoms with E-state index in [0.717, 1.165) is 36.8 Å². The van der Waals surface area contributed by atoms with Crippen molar-refractivity contribution in [1.82, 2.24) is 31.6 Å². The first kappa shape index (κ1) is 60.6. The van der Waals surface area contributed by atoms with E-state index >= 15 is 0 Å². The number of amides is 6. The van der Waals surface area contributed by atoms with Gasteiger partial charge in [0.25, 0.3) is 0 Å². The quantitative estimate of drug-likeness (QED) is 0.0244. The van der Waals surface area contributed by atoms with E-state index in [1.165, 1.54) is 54.3 Å². The number of hydrogen-bond donors (Lipinski definition) is 9. The standard InChI is InChI=1S/C26H34N8O5.C14H20.C10H13N.C6H13NO/c27-23(37)19-9-4-8-18(12-19)14-31-22(36)15-32-24(38)20(10-5-11-30-26(28)29)34-25(39)21(33-16-35)13-17-6-2-1-3-7-17;1-11-6-8-13(9-7-11)14-5-3-4-12(2)10-14;1-4-6-9-8(3)7-11-10(9)5-2;1-3-4-5-7-6(2)8/h1-4,6-9,12,16,20-21H,5,10-11,13-15H2,(H2,27,37)(H,31,36)(H,32,38)(H,33,35)(H,34,39)(H4,28,29,30);3-5,10-11,13H,6-9H2,1-2H3;4-7,11H,1H2,2-3H3;3-5H2,1-2H3,(H,7,8)/b;;9-6-,10-5+;. The maximum absolute atomic E-state index is 13.0. The largest absolute Gasteiger partial charge is 0.370 e. The highest BCUT2D eigenvalue weighted by Crippen LogP contribution is 2.35. The summed E-state index contributed by atoms with van der Waals surface area (Å²) < 4.78 is 0. The number of nitrogens with zero attached hydrogens (tertiary/aromatic N) is 1. The molecule has 16 heteroatoms. The van der Waals surface area contributed by atoms with Crippen LogP contribution in [0.1, 0.15) is 123 Å². The van der Waals surface area contributed by atoms with Crippen LogP contribution in [0.2, 0.25) is 0 Å². The second-order valence-electron chi connectivity index (χ2n) is 17.8. The fourth-order valence-electron chi connectivity index (χ4n) is 7.68. The number of allylic oxidation sites excluding steroid dienone is 1. The molecule has 1 aromatic heterocycles. The molecular weight excluding hydrogens is 909 g/mol. The van der Waals surface area contributed by atoms with Crippen LogP contribution in [0.4, 0.5) is 0 Å². The highest BCUT2D eigenvalue weighted by molar-refractivity contribution is 5.93. The van der Waals surface area contributed by atoms with Crippen LogP contribution in [0.15, 0.2) is 103 Å². The van der Waals surface area contributed by atoms with Crippen LogP contribution >= 0.6 is 0 Å². The van der Waals surface area contributed by atoms with Gasteiger partial charge in [-0.25, -0.2) is 0 Å². The Balaban J connectivity index is 0.000000428. The summed E-state index contributed by atoms with van der Waals surface area (Å²) in [6, 6.07) is 22.7. The summed E-state index contributed by atoms with van der Waals surface area (Å²) in [4.78, 5) is 77.9. The maximum Gasteiger partial charge on any atom is 0.248 e. The van der Waals surface area contributed by atoms with Crippen molar-refractivity contribution in [3.63, 3.8) is 0 Å². The molecule has 1 fully saturated rings. The predicted octanol–water partition coefficient (Wildman–Crippen LogP) is 4.71. The number of primary amides is 1. The molecule has 0 bridgehead atoms. The molecule has 4 aromatic rings. The fourth-order valence-corrected chi connectivity index (χ4v) is 7.68. The third-order valence-corrected chi connectivity index (χ3v) is 11.7. The second kappa shape index (κ2) is 34.7. The van der Waals surface area contributed by atoms with Crippen molar-refractivity contribution in [3.8, 4) is 0 Å². The zero-order valence-corrected chi connectivity index (χ0v) is 43.2. The van der Waals surface area contributed by atoms with Gasteiger partial charge in [-0.2, -0.15) is 0 Å². The van der Waals surface area contributed by atoms with Crippen LogP contribution in [0.25, 0.3) is 12.2 Å². The summed E-state index contributed by atoms with van der Waals surface area (Å²) in [5, 5.41) is 15.4. The van der Waals surface area contributed by atoms with Crippen LogP contribution in [-0.4, -0.2) is 78.6 Å². The Bertz CT molecular complexity index is 2460. The number of aromatic amines is 1. The Morgan fingerprint density at radius 2 is 1.54 bits per heavy atom. The molecular formula is C56H80N10O6. The van der Waals surface area contributed by atoms with E-state index in [4.69, 9.17) is 17.2 Å². The second-order valence-corrected chi connectivity index (χ2v) is 17.8. The minimum Gasteiger partial charge on any atom is -0.370 e. The lowest BCUT2D eigenvalue weighted by Crippen LogP contribution is -2.54. The topological polar surface area (TPSA) is 269 Å². The molecule has 12 N–H and O–H groups in total. The van der Waals surface area contributed by atoms with Crippen molar-refractivity contribution in [2.45, 2.75) is 124 Å². The number of nitrogens with one attached hydrogen (secondary N) is 6. The smallest absolute Gasteiger partial charge is 0.248 e. The van der Waals surface area contributed by atoms with Gasteiger partial charge in [0.05, 0.1) is 6.54 Å². The van der Waals surface area contributed by atoms with E-state index in [9.17, 15) is 28.8 Å². The molecule has 72 heavy (non-hydrogen) atoms. The Morgan fingerprint density at radius 3 is 2.15 bits per heavy atom. The zero-order chi connectivity index (χ0) is 53.3. The maximum atomic E-state index is 13.0. The Kier molecular flexibility index (Phi) is 29.3. The number of aryl methyl sites for hydroxylation is 2. The molecule has 0 radical (unpaired) electrons. The molecule has 1 heterocycles. The van der Waals surface area contributed by atoms with Crippen LogP contribution in [0.3, 0.4) is 0 Å². The molecule has 16 nitrogen and oxygen atoms in total. The zero-order valence-electron chi connectivity index (χ0n) is 43.2. The molecule has 1 aliphatic carbocycles. The Hall–Kier alpha value is -7.49. The number of H-pyrrole nitrogens is 1. The number of rotatable bonds is 21. The predicted molar refractivity (Wildman–Crippen MR) is 290 cm³/mol. The normalized spacial score (nSPS) is 14.9. The third kappa shape index (κ3) is 24.9. The Morgan fingerprint density at radius 1 is 0.847 bits per heavy atom. The average Bonchev–Trinajstić information content (AvgIpc) is 3.72. The molecule has 1 aliphatic rings. The number of unbranched alkanes of at least 4 members (excludes halogenated alkanes) is 1. The molecule has 5 rings (SSSR count). The highest BCUT2D eigenvalue weighted by atomic mass is 16.2. The van der Waals surface area contributed by atoms with Gasteiger partial charge >= 0.3 is 0 Å². The monoisotopic (exact) mass is 989 g/mol. The SMILES string of the molecule is C=C/C=c1/c(C)c[nH]/c1=C/C.CCCCNC(C)=O.Cc1cccc(C2CCC(C)CC2)c1.NC(=O)c1cccc(CNC(=O)CNC(=O)C(CCCN=C(N)N)NC(=O)C(Cc2ccccc2)NC=O)c1. The summed E-state index contributed by atoms with van der Waals surface area (Å²) in [5.74, 6) is -0.465. The average molecular weight is 989 g/mol. The molecule has 0 aliphatic heterocycles. The molecule has 1 saturated carbocycles. The Labute approximate surface area is 426 Å². The van der Waals surface area contributed by atoms with Gasteiger partial charge in [-0.3, -0.25) is 33.8 Å². The molecule has 2 unspecified atom stereocenters. The number of carbonyl (C=O) groups excluding carboxylic acids is 6. The van der Waals surface area contributed by atoms with E-state index in [-0.39, 0.29) is 44.3 Å². The molecule has 2 atom stereocenters. The van der Waals surface area contributed by atoms with Gasteiger partial charge < -0.3 is 48.8 Å². The molecule has 6 amide bonds. The number of aromatic nitrogens is 1. The first-order valence-corrected chi connectivity index (χ1v) is 24.8. The van der Waals surface area contributed by atoms with Crippen molar-refractivity contribution >= 4 is 54.1 Å².